The highest BCUT2D eigenvalue weighted by atomic mass is 32.2. The Kier molecular flexibility index (Phi) is 7.13. The number of nitrogens with one attached hydrogen (secondary N) is 1. The van der Waals surface area contributed by atoms with Gasteiger partial charge in [-0.25, -0.2) is 8.42 Å². The zero-order chi connectivity index (χ0) is 21.8. The number of anilines is 1. The number of benzene rings is 2. The molecule has 8 heteroatoms. The molecule has 158 valence electrons. The van der Waals surface area contributed by atoms with Crippen molar-refractivity contribution >= 4 is 21.6 Å². The smallest absolute Gasteiger partial charge is 0.241 e. The summed E-state index contributed by atoms with van der Waals surface area (Å²) in [6.45, 7) is 5.58. The van der Waals surface area contributed by atoms with Gasteiger partial charge in [0.1, 0.15) is 6.54 Å². The van der Waals surface area contributed by atoms with Gasteiger partial charge in [0, 0.05) is 6.54 Å². The van der Waals surface area contributed by atoms with Crippen molar-refractivity contribution in [1.29, 1.82) is 0 Å². The summed E-state index contributed by atoms with van der Waals surface area (Å²) >= 11 is 0. The Balaban J connectivity index is 2.18. The SMILES string of the molecule is COc1ccc(CNC(=O)CN(c2c(C)cc(C)cc2C)S(C)(=O)=O)cc1OC. The Morgan fingerprint density at radius 2 is 1.59 bits per heavy atom. The lowest BCUT2D eigenvalue weighted by Crippen LogP contribution is -2.40. The molecule has 0 saturated carbocycles. The van der Waals surface area contributed by atoms with Gasteiger partial charge in [-0.1, -0.05) is 23.8 Å². The number of carbonyl (C=O) groups is 1. The fourth-order valence-corrected chi connectivity index (χ4v) is 4.28. The molecule has 0 heterocycles. The van der Waals surface area contributed by atoms with Gasteiger partial charge in [0.25, 0.3) is 0 Å². The monoisotopic (exact) mass is 420 g/mol. The molecule has 0 aliphatic carbocycles. The predicted molar refractivity (Wildman–Crippen MR) is 114 cm³/mol. The van der Waals surface area contributed by atoms with Crippen molar-refractivity contribution in [2.75, 3.05) is 31.3 Å². The number of hydrogen-bond acceptors (Lipinski definition) is 5. The number of ether oxygens (including phenoxy) is 2. The number of hydrogen-bond donors (Lipinski definition) is 1. The van der Waals surface area contributed by atoms with E-state index in [4.69, 9.17) is 9.47 Å². The molecule has 0 saturated heterocycles. The minimum Gasteiger partial charge on any atom is -0.493 e. The fraction of sp³-hybridized carbons (Fsp3) is 0.381. The minimum atomic E-state index is -3.64. The number of amides is 1. The van der Waals surface area contributed by atoms with Crippen molar-refractivity contribution in [3.63, 3.8) is 0 Å². The molecule has 0 atom stereocenters. The average molecular weight is 421 g/mol. The Morgan fingerprint density at radius 1 is 1.00 bits per heavy atom. The van der Waals surface area contributed by atoms with E-state index in [9.17, 15) is 13.2 Å². The summed E-state index contributed by atoms with van der Waals surface area (Å²) in [7, 11) is -0.550. The number of rotatable bonds is 8. The molecular formula is C21H28N2O5S. The van der Waals surface area contributed by atoms with Gasteiger partial charge in [0.2, 0.25) is 15.9 Å². The second kappa shape index (κ2) is 9.17. The first-order valence-electron chi connectivity index (χ1n) is 9.10. The molecule has 0 radical (unpaired) electrons. The lowest BCUT2D eigenvalue weighted by molar-refractivity contribution is -0.119. The zero-order valence-corrected chi connectivity index (χ0v) is 18.5. The van der Waals surface area contributed by atoms with Gasteiger partial charge in [-0.05, 0) is 49.6 Å². The van der Waals surface area contributed by atoms with Crippen LogP contribution in [0, 0.1) is 20.8 Å². The van der Waals surface area contributed by atoms with Crippen LogP contribution in [-0.2, 0) is 21.4 Å². The summed E-state index contributed by atoms with van der Waals surface area (Å²) < 4.78 is 36.4. The Labute approximate surface area is 172 Å². The Hall–Kier alpha value is -2.74. The highest BCUT2D eigenvalue weighted by molar-refractivity contribution is 7.92. The van der Waals surface area contributed by atoms with E-state index in [1.54, 1.807) is 19.2 Å². The molecule has 0 aromatic heterocycles. The molecule has 0 bridgehead atoms. The summed E-state index contributed by atoms with van der Waals surface area (Å²) in [5, 5.41) is 2.77. The maximum Gasteiger partial charge on any atom is 0.241 e. The van der Waals surface area contributed by atoms with Crippen LogP contribution >= 0.6 is 0 Å². The third-order valence-electron chi connectivity index (χ3n) is 4.51. The van der Waals surface area contributed by atoms with E-state index in [1.165, 1.54) is 7.11 Å². The largest absolute Gasteiger partial charge is 0.493 e. The molecule has 2 aromatic rings. The lowest BCUT2D eigenvalue weighted by atomic mass is 10.1. The number of aryl methyl sites for hydroxylation is 3. The maximum atomic E-state index is 12.5. The Morgan fingerprint density at radius 3 is 2.10 bits per heavy atom. The first-order chi connectivity index (χ1) is 13.6. The fourth-order valence-electron chi connectivity index (χ4n) is 3.31. The lowest BCUT2D eigenvalue weighted by Gasteiger charge is -2.26. The summed E-state index contributed by atoms with van der Waals surface area (Å²) in [5.74, 6) is 0.753. The van der Waals surface area contributed by atoms with Crippen LogP contribution in [-0.4, -0.2) is 41.3 Å². The van der Waals surface area contributed by atoms with Crippen LogP contribution in [0.5, 0.6) is 11.5 Å². The predicted octanol–water partition coefficient (Wildman–Crippen LogP) is 2.71. The minimum absolute atomic E-state index is 0.239. The second-order valence-corrected chi connectivity index (χ2v) is 8.89. The van der Waals surface area contributed by atoms with Gasteiger partial charge < -0.3 is 14.8 Å². The normalized spacial score (nSPS) is 11.1. The average Bonchev–Trinajstić information content (AvgIpc) is 2.63. The van der Waals surface area contributed by atoms with E-state index < -0.39 is 15.9 Å². The zero-order valence-electron chi connectivity index (χ0n) is 17.7. The van der Waals surface area contributed by atoms with E-state index in [2.05, 4.69) is 5.32 Å². The van der Waals surface area contributed by atoms with E-state index in [0.717, 1.165) is 32.8 Å². The molecule has 7 nitrogen and oxygen atoms in total. The number of nitrogens with zero attached hydrogens (tertiary/aromatic N) is 1. The first kappa shape index (κ1) is 22.5. The van der Waals surface area contributed by atoms with Gasteiger partial charge in [0.05, 0.1) is 26.2 Å². The summed E-state index contributed by atoms with van der Waals surface area (Å²) in [4.78, 5) is 12.5. The van der Waals surface area contributed by atoms with Crippen molar-refractivity contribution in [3.05, 3.63) is 52.6 Å². The van der Waals surface area contributed by atoms with Crippen LogP contribution < -0.4 is 19.1 Å². The maximum absolute atomic E-state index is 12.5. The first-order valence-corrected chi connectivity index (χ1v) is 10.9. The molecule has 29 heavy (non-hydrogen) atoms. The highest BCUT2D eigenvalue weighted by Gasteiger charge is 2.24. The summed E-state index contributed by atoms with van der Waals surface area (Å²) in [6, 6.07) is 9.14. The molecular weight excluding hydrogens is 392 g/mol. The number of methoxy groups -OCH3 is 2. The molecule has 2 rings (SSSR count). The van der Waals surface area contributed by atoms with Gasteiger partial charge in [-0.3, -0.25) is 9.10 Å². The van der Waals surface area contributed by atoms with Crippen molar-refractivity contribution < 1.29 is 22.7 Å². The third kappa shape index (κ3) is 5.63. The van der Waals surface area contributed by atoms with E-state index in [-0.39, 0.29) is 13.1 Å². The van der Waals surface area contributed by atoms with Crippen molar-refractivity contribution in [2.24, 2.45) is 0 Å². The van der Waals surface area contributed by atoms with E-state index in [0.29, 0.717) is 17.2 Å². The molecule has 0 aliphatic heterocycles. The van der Waals surface area contributed by atoms with Crippen LogP contribution in [0.25, 0.3) is 0 Å². The van der Waals surface area contributed by atoms with E-state index >= 15 is 0 Å². The topological polar surface area (TPSA) is 84.9 Å². The molecule has 0 spiro atoms. The molecule has 0 unspecified atom stereocenters. The van der Waals surface area contributed by atoms with Crippen molar-refractivity contribution in [1.82, 2.24) is 5.32 Å². The molecule has 0 fully saturated rings. The van der Waals surface area contributed by atoms with Crippen LogP contribution in [0.1, 0.15) is 22.3 Å². The molecule has 1 N–H and O–H groups in total. The quantitative estimate of drug-likeness (QED) is 0.710. The van der Waals surface area contributed by atoms with Gasteiger partial charge in [-0.15, -0.1) is 0 Å². The standard InChI is InChI=1S/C21H28N2O5S/c1-14-9-15(2)21(16(3)10-14)23(29(6,25)26)13-20(24)22-12-17-7-8-18(27-4)19(11-17)28-5/h7-11H,12-13H2,1-6H3,(H,22,24). The van der Waals surface area contributed by atoms with Gasteiger partial charge >= 0.3 is 0 Å². The molecule has 1 amide bonds. The second-order valence-electron chi connectivity index (χ2n) is 6.98. The third-order valence-corrected chi connectivity index (χ3v) is 5.62. The number of sulfonamides is 1. The van der Waals surface area contributed by atoms with Gasteiger partial charge in [-0.2, -0.15) is 0 Å². The van der Waals surface area contributed by atoms with Crippen LogP contribution in [0.3, 0.4) is 0 Å². The Bertz CT molecular complexity index is 979. The summed E-state index contributed by atoms with van der Waals surface area (Å²) in [6.07, 6.45) is 1.10. The van der Waals surface area contributed by atoms with Crippen LogP contribution in [0.15, 0.2) is 30.3 Å². The van der Waals surface area contributed by atoms with Crippen LogP contribution in [0.2, 0.25) is 0 Å². The van der Waals surface area contributed by atoms with Gasteiger partial charge in [0.15, 0.2) is 11.5 Å². The highest BCUT2D eigenvalue weighted by Crippen LogP contribution is 2.29. The van der Waals surface area contributed by atoms with Crippen molar-refractivity contribution in [3.8, 4) is 11.5 Å². The van der Waals surface area contributed by atoms with E-state index in [1.807, 2.05) is 39.0 Å². The molecule has 2 aromatic carbocycles. The summed E-state index contributed by atoms with van der Waals surface area (Å²) in [5.41, 5.74) is 4.00. The van der Waals surface area contributed by atoms with Crippen molar-refractivity contribution in [2.45, 2.75) is 27.3 Å². The van der Waals surface area contributed by atoms with Crippen LogP contribution in [0.4, 0.5) is 5.69 Å². The molecule has 0 aliphatic rings. The number of carbonyl (C=O) groups excluding carboxylic acids is 1.